The number of hydrogen-bond acceptors (Lipinski definition) is 4. The molecule has 1 atom stereocenters. The zero-order valence-electron chi connectivity index (χ0n) is 16.1. The second-order valence-electron chi connectivity index (χ2n) is 6.77. The highest BCUT2D eigenvalue weighted by molar-refractivity contribution is 5.94. The van der Waals surface area contributed by atoms with Crippen molar-refractivity contribution in [2.24, 2.45) is 5.92 Å². The molecule has 1 aliphatic heterocycles. The van der Waals surface area contributed by atoms with Crippen LogP contribution in [-0.4, -0.2) is 30.5 Å². The summed E-state index contributed by atoms with van der Waals surface area (Å²) in [6.45, 7) is 2.69. The largest absolute Gasteiger partial charge is 0.439 e. The molecule has 1 fully saturated rings. The minimum Gasteiger partial charge on any atom is -0.439 e. The molecule has 1 aromatic carbocycles. The lowest BCUT2D eigenvalue weighted by Gasteiger charge is -2.22. The van der Waals surface area contributed by atoms with Gasteiger partial charge in [0.25, 0.3) is 5.91 Å². The monoisotopic (exact) mass is 465 g/mol. The summed E-state index contributed by atoms with van der Waals surface area (Å²) >= 11 is 0. The molecular formula is C20H24Cl2F3N3O2. The van der Waals surface area contributed by atoms with Crippen LogP contribution < -0.4 is 15.4 Å². The zero-order valence-corrected chi connectivity index (χ0v) is 17.7. The van der Waals surface area contributed by atoms with E-state index in [0.29, 0.717) is 23.8 Å². The van der Waals surface area contributed by atoms with E-state index in [1.165, 1.54) is 12.8 Å². The van der Waals surface area contributed by atoms with Crippen LogP contribution in [-0.2, 0) is 6.18 Å². The van der Waals surface area contributed by atoms with Gasteiger partial charge in [0, 0.05) is 24.4 Å². The summed E-state index contributed by atoms with van der Waals surface area (Å²) < 4.78 is 43.0. The highest BCUT2D eigenvalue weighted by Gasteiger charge is 2.30. The van der Waals surface area contributed by atoms with E-state index in [9.17, 15) is 18.0 Å². The van der Waals surface area contributed by atoms with E-state index >= 15 is 0 Å². The van der Waals surface area contributed by atoms with Crippen molar-refractivity contribution in [1.29, 1.82) is 0 Å². The number of aromatic nitrogens is 1. The van der Waals surface area contributed by atoms with Crippen LogP contribution in [0.5, 0.6) is 11.6 Å². The van der Waals surface area contributed by atoms with Crippen molar-refractivity contribution in [2.75, 3.05) is 19.6 Å². The number of nitrogens with zero attached hydrogens (tertiary/aromatic N) is 1. The van der Waals surface area contributed by atoms with Crippen molar-refractivity contribution < 1.29 is 22.7 Å². The Hall–Kier alpha value is -2.03. The Balaban J connectivity index is 0.00000225. The molecular weight excluding hydrogens is 442 g/mol. The van der Waals surface area contributed by atoms with E-state index in [2.05, 4.69) is 15.6 Å². The van der Waals surface area contributed by atoms with Crippen LogP contribution in [0.4, 0.5) is 13.2 Å². The van der Waals surface area contributed by atoms with Crippen molar-refractivity contribution in [3.63, 3.8) is 0 Å². The molecule has 3 rings (SSSR count). The van der Waals surface area contributed by atoms with E-state index < -0.39 is 11.7 Å². The van der Waals surface area contributed by atoms with Crippen LogP contribution in [0.1, 0.15) is 35.2 Å². The molecule has 1 amide bonds. The van der Waals surface area contributed by atoms with Gasteiger partial charge in [-0.2, -0.15) is 13.2 Å². The van der Waals surface area contributed by atoms with Crippen molar-refractivity contribution in [1.82, 2.24) is 15.6 Å². The standard InChI is InChI=1S/C20H22F3N3O2.2ClH/c21-20(22,23)16-5-8-18(26-13-16)28-17-6-3-15(4-7-17)19(27)25-11-9-14-2-1-10-24-12-14;;/h3-8,13-14,24H,1-2,9-12H2,(H,25,27);2*1H. The molecule has 0 bridgehead atoms. The molecule has 10 heteroatoms. The van der Waals surface area contributed by atoms with Gasteiger partial charge in [0.05, 0.1) is 5.56 Å². The van der Waals surface area contributed by atoms with Crippen LogP contribution in [0, 0.1) is 5.92 Å². The number of carbonyl (C=O) groups is 1. The summed E-state index contributed by atoms with van der Waals surface area (Å²) in [7, 11) is 0. The van der Waals surface area contributed by atoms with Gasteiger partial charge in [0.15, 0.2) is 0 Å². The van der Waals surface area contributed by atoms with Crippen molar-refractivity contribution in [3.05, 3.63) is 53.7 Å². The SMILES string of the molecule is Cl.Cl.O=C(NCCC1CCCNC1)c1ccc(Oc2ccc(C(F)(F)F)cn2)cc1. The van der Waals surface area contributed by atoms with E-state index in [0.717, 1.165) is 37.8 Å². The lowest BCUT2D eigenvalue weighted by Crippen LogP contribution is -2.33. The Morgan fingerprint density at radius 1 is 1.17 bits per heavy atom. The summed E-state index contributed by atoms with van der Waals surface area (Å²) in [6, 6.07) is 8.45. The Kier molecular flexibility index (Phi) is 10.4. The van der Waals surface area contributed by atoms with Crippen LogP contribution in [0.15, 0.2) is 42.6 Å². The molecule has 0 radical (unpaired) electrons. The number of hydrogen-bond donors (Lipinski definition) is 2. The van der Waals surface area contributed by atoms with Gasteiger partial charge in [-0.3, -0.25) is 4.79 Å². The quantitative estimate of drug-likeness (QED) is 0.639. The summed E-state index contributed by atoms with van der Waals surface area (Å²) in [5.74, 6) is 0.868. The van der Waals surface area contributed by atoms with Gasteiger partial charge in [-0.05, 0) is 68.6 Å². The predicted octanol–water partition coefficient (Wildman–Crippen LogP) is 4.86. The molecule has 30 heavy (non-hydrogen) atoms. The molecule has 0 aliphatic carbocycles. The topological polar surface area (TPSA) is 63.2 Å². The third-order valence-corrected chi connectivity index (χ3v) is 4.64. The average molecular weight is 466 g/mol. The molecule has 0 spiro atoms. The lowest BCUT2D eigenvalue weighted by molar-refractivity contribution is -0.137. The maximum atomic E-state index is 12.5. The van der Waals surface area contributed by atoms with Crippen LogP contribution in [0.25, 0.3) is 0 Å². The highest BCUT2D eigenvalue weighted by Crippen LogP contribution is 2.30. The minimum atomic E-state index is -4.44. The summed E-state index contributed by atoms with van der Waals surface area (Å²) in [4.78, 5) is 15.9. The number of benzene rings is 1. The summed E-state index contributed by atoms with van der Waals surface area (Å²) in [5, 5.41) is 6.26. The third kappa shape index (κ3) is 7.66. The molecule has 1 unspecified atom stereocenters. The Bertz CT molecular complexity index is 781. The highest BCUT2D eigenvalue weighted by atomic mass is 35.5. The second-order valence-corrected chi connectivity index (χ2v) is 6.77. The van der Waals surface area contributed by atoms with E-state index in [1.54, 1.807) is 24.3 Å². The van der Waals surface area contributed by atoms with E-state index in [1.807, 2.05) is 0 Å². The Morgan fingerprint density at radius 3 is 2.47 bits per heavy atom. The molecule has 2 heterocycles. The number of nitrogens with one attached hydrogen (secondary N) is 2. The molecule has 2 aromatic rings. The van der Waals surface area contributed by atoms with Crippen LogP contribution in [0.3, 0.4) is 0 Å². The molecule has 0 saturated carbocycles. The third-order valence-electron chi connectivity index (χ3n) is 4.64. The number of piperidine rings is 1. The van der Waals surface area contributed by atoms with E-state index in [4.69, 9.17) is 4.74 Å². The normalized spacial score (nSPS) is 16.0. The number of carbonyl (C=O) groups excluding carboxylic acids is 1. The number of amides is 1. The number of ether oxygens (including phenoxy) is 1. The summed E-state index contributed by atoms with van der Waals surface area (Å²) in [6.07, 6.45) is -0.409. The van der Waals surface area contributed by atoms with Crippen LogP contribution >= 0.6 is 24.8 Å². The first-order valence-corrected chi connectivity index (χ1v) is 9.22. The Morgan fingerprint density at radius 2 is 1.90 bits per heavy atom. The van der Waals surface area contributed by atoms with Gasteiger partial charge in [0.1, 0.15) is 5.75 Å². The van der Waals surface area contributed by atoms with Gasteiger partial charge < -0.3 is 15.4 Å². The average Bonchev–Trinajstić information content (AvgIpc) is 2.69. The predicted molar refractivity (Wildman–Crippen MR) is 113 cm³/mol. The van der Waals surface area contributed by atoms with Crippen molar-refractivity contribution in [3.8, 4) is 11.6 Å². The fourth-order valence-corrected chi connectivity index (χ4v) is 3.07. The maximum Gasteiger partial charge on any atom is 0.417 e. The number of pyridine rings is 1. The zero-order chi connectivity index (χ0) is 20.0. The first-order chi connectivity index (χ1) is 13.4. The lowest BCUT2D eigenvalue weighted by atomic mass is 9.96. The number of halogens is 5. The minimum absolute atomic E-state index is 0. The van der Waals surface area contributed by atoms with Gasteiger partial charge in [-0.15, -0.1) is 24.8 Å². The number of alkyl halides is 3. The Labute approximate surface area is 185 Å². The molecule has 1 saturated heterocycles. The first kappa shape index (κ1) is 26.0. The first-order valence-electron chi connectivity index (χ1n) is 9.22. The van der Waals surface area contributed by atoms with Crippen LogP contribution in [0.2, 0.25) is 0 Å². The fraction of sp³-hybridized carbons (Fsp3) is 0.400. The second kappa shape index (κ2) is 12.0. The number of rotatable bonds is 6. The molecule has 1 aromatic heterocycles. The molecule has 1 aliphatic rings. The smallest absolute Gasteiger partial charge is 0.417 e. The maximum absolute atomic E-state index is 12.5. The van der Waals surface area contributed by atoms with E-state index in [-0.39, 0.29) is 36.6 Å². The van der Waals surface area contributed by atoms with Gasteiger partial charge >= 0.3 is 6.18 Å². The van der Waals surface area contributed by atoms with Gasteiger partial charge in [-0.1, -0.05) is 0 Å². The molecule has 2 N–H and O–H groups in total. The van der Waals surface area contributed by atoms with Gasteiger partial charge in [-0.25, -0.2) is 4.98 Å². The molecule has 5 nitrogen and oxygen atoms in total. The van der Waals surface area contributed by atoms with Crippen molar-refractivity contribution in [2.45, 2.75) is 25.4 Å². The fourth-order valence-electron chi connectivity index (χ4n) is 3.07. The summed E-state index contributed by atoms with van der Waals surface area (Å²) in [5.41, 5.74) is -0.342. The van der Waals surface area contributed by atoms with Gasteiger partial charge in [0.2, 0.25) is 5.88 Å². The molecule has 166 valence electrons. The van der Waals surface area contributed by atoms with Crippen molar-refractivity contribution >= 4 is 30.7 Å².